The van der Waals surface area contributed by atoms with Crippen LogP contribution >= 0.6 is 11.6 Å². The summed E-state index contributed by atoms with van der Waals surface area (Å²) in [5.74, 6) is 0. The zero-order valence-corrected chi connectivity index (χ0v) is 15.3. The van der Waals surface area contributed by atoms with Crippen molar-refractivity contribution in [3.8, 4) is 5.69 Å². The van der Waals surface area contributed by atoms with Crippen LogP contribution in [-0.2, 0) is 0 Å². The molecule has 0 spiro atoms. The number of hydrogen-bond donors (Lipinski definition) is 2. The lowest BCUT2D eigenvalue weighted by Gasteiger charge is -2.11. The molecule has 1 aromatic heterocycles. The number of para-hydroxylation sites is 2. The van der Waals surface area contributed by atoms with Gasteiger partial charge in [0.05, 0.1) is 16.9 Å². The first-order valence-electron chi connectivity index (χ1n) is 8.15. The third-order valence-corrected chi connectivity index (χ3v) is 4.28. The second-order valence-electron chi connectivity index (χ2n) is 5.80. The summed E-state index contributed by atoms with van der Waals surface area (Å²) in [4.78, 5) is 11.9. The number of hydrogen-bond acceptors (Lipinski definition) is 2. The Morgan fingerprint density at radius 2 is 1.77 bits per heavy atom. The summed E-state index contributed by atoms with van der Waals surface area (Å²) >= 11 is 6.32. The first-order chi connectivity index (χ1) is 12.6. The minimum absolute atomic E-state index is 0.396. The van der Waals surface area contributed by atoms with Crippen LogP contribution in [0.25, 0.3) is 5.69 Å². The quantitative estimate of drug-likeness (QED) is 0.500. The van der Waals surface area contributed by atoms with E-state index in [0.717, 1.165) is 22.6 Å². The molecule has 1 heterocycles. The number of carbonyl (C=O) groups is 1. The third kappa shape index (κ3) is 3.95. The van der Waals surface area contributed by atoms with Gasteiger partial charge in [0.1, 0.15) is 0 Å². The van der Waals surface area contributed by atoms with Gasteiger partial charge < -0.3 is 9.88 Å². The fourth-order valence-electron chi connectivity index (χ4n) is 2.76. The van der Waals surface area contributed by atoms with Crippen LogP contribution in [0, 0.1) is 13.8 Å². The summed E-state index contributed by atoms with van der Waals surface area (Å²) in [6, 6.07) is 18.5. The SMILES string of the molecule is Cc1cc(/C=N\NC(=O)Nc2ccccc2)c(C)n1-c1ccccc1Cl. The highest BCUT2D eigenvalue weighted by atomic mass is 35.5. The van der Waals surface area contributed by atoms with Gasteiger partial charge in [0, 0.05) is 22.6 Å². The molecule has 0 radical (unpaired) electrons. The number of aromatic nitrogens is 1. The minimum atomic E-state index is -0.396. The summed E-state index contributed by atoms with van der Waals surface area (Å²) in [5.41, 5.74) is 7.02. The van der Waals surface area contributed by atoms with E-state index in [-0.39, 0.29) is 0 Å². The van der Waals surface area contributed by atoms with Gasteiger partial charge in [0.15, 0.2) is 0 Å². The molecular weight excluding hydrogens is 348 g/mol. The summed E-state index contributed by atoms with van der Waals surface area (Å²) in [6.07, 6.45) is 1.63. The van der Waals surface area contributed by atoms with Gasteiger partial charge in [-0.2, -0.15) is 5.10 Å². The standard InChI is InChI=1S/C20H19ClN4O/c1-14-12-16(15(2)25(14)19-11-7-6-10-18(19)21)13-22-24-20(26)23-17-8-4-3-5-9-17/h3-13H,1-2H3,(H2,23,24,26)/b22-13-. The Kier molecular flexibility index (Phi) is 5.39. The van der Waals surface area contributed by atoms with E-state index in [1.165, 1.54) is 0 Å². The summed E-state index contributed by atoms with van der Waals surface area (Å²) in [6.45, 7) is 3.99. The zero-order chi connectivity index (χ0) is 18.5. The monoisotopic (exact) mass is 366 g/mol. The second kappa shape index (κ2) is 7.89. The molecule has 2 aromatic carbocycles. The molecule has 3 aromatic rings. The maximum Gasteiger partial charge on any atom is 0.339 e. The molecule has 0 atom stereocenters. The van der Waals surface area contributed by atoms with Gasteiger partial charge in [-0.3, -0.25) is 0 Å². The lowest BCUT2D eigenvalue weighted by molar-refractivity contribution is 0.252. The van der Waals surface area contributed by atoms with Crippen LogP contribution in [0.2, 0.25) is 5.02 Å². The largest absolute Gasteiger partial charge is 0.339 e. The van der Waals surface area contributed by atoms with E-state index in [1.54, 1.807) is 18.3 Å². The maximum atomic E-state index is 11.9. The number of urea groups is 1. The van der Waals surface area contributed by atoms with Crippen molar-refractivity contribution in [2.24, 2.45) is 5.10 Å². The highest BCUT2D eigenvalue weighted by Crippen LogP contribution is 2.25. The van der Waals surface area contributed by atoms with E-state index < -0.39 is 6.03 Å². The predicted molar refractivity (Wildman–Crippen MR) is 106 cm³/mol. The van der Waals surface area contributed by atoms with Crippen molar-refractivity contribution in [1.82, 2.24) is 9.99 Å². The molecule has 0 aliphatic rings. The number of aryl methyl sites for hydroxylation is 1. The van der Waals surface area contributed by atoms with Crippen molar-refractivity contribution in [3.63, 3.8) is 0 Å². The summed E-state index contributed by atoms with van der Waals surface area (Å²) in [7, 11) is 0. The van der Waals surface area contributed by atoms with Crippen molar-refractivity contribution < 1.29 is 4.79 Å². The van der Waals surface area contributed by atoms with E-state index in [2.05, 4.69) is 20.4 Å². The van der Waals surface area contributed by atoms with Gasteiger partial charge in [-0.1, -0.05) is 41.9 Å². The molecule has 0 unspecified atom stereocenters. The molecule has 0 aliphatic heterocycles. The van der Waals surface area contributed by atoms with E-state index in [1.807, 2.05) is 62.4 Å². The van der Waals surface area contributed by atoms with Crippen LogP contribution in [0.5, 0.6) is 0 Å². The van der Waals surface area contributed by atoms with E-state index in [4.69, 9.17) is 11.6 Å². The minimum Gasteiger partial charge on any atom is -0.316 e. The molecule has 0 fully saturated rings. The summed E-state index contributed by atoms with van der Waals surface area (Å²) in [5, 5.41) is 7.42. The number of nitrogens with one attached hydrogen (secondary N) is 2. The normalized spacial score (nSPS) is 10.9. The van der Waals surface area contributed by atoms with Crippen LogP contribution in [0.1, 0.15) is 17.0 Å². The highest BCUT2D eigenvalue weighted by Gasteiger charge is 2.11. The zero-order valence-electron chi connectivity index (χ0n) is 14.5. The van der Waals surface area contributed by atoms with Gasteiger partial charge in [0.25, 0.3) is 0 Å². The van der Waals surface area contributed by atoms with E-state index in [9.17, 15) is 4.79 Å². The molecule has 0 saturated heterocycles. The molecular formula is C20H19ClN4O. The Balaban J connectivity index is 1.73. The lowest BCUT2D eigenvalue weighted by Crippen LogP contribution is -2.24. The van der Waals surface area contributed by atoms with Gasteiger partial charge in [0.2, 0.25) is 0 Å². The first-order valence-corrected chi connectivity index (χ1v) is 8.53. The molecule has 6 heteroatoms. The summed E-state index contributed by atoms with van der Waals surface area (Å²) < 4.78 is 2.06. The molecule has 132 valence electrons. The second-order valence-corrected chi connectivity index (χ2v) is 6.21. The molecule has 0 aliphatic carbocycles. The van der Waals surface area contributed by atoms with Crippen molar-refractivity contribution in [3.05, 3.63) is 82.6 Å². The highest BCUT2D eigenvalue weighted by molar-refractivity contribution is 6.32. The van der Waals surface area contributed by atoms with Crippen LogP contribution in [0.4, 0.5) is 10.5 Å². The molecule has 3 rings (SSSR count). The average Bonchev–Trinajstić information content (AvgIpc) is 2.90. The van der Waals surface area contributed by atoms with Crippen molar-refractivity contribution in [1.29, 1.82) is 0 Å². The molecule has 2 amide bonds. The van der Waals surface area contributed by atoms with Crippen LogP contribution in [-0.4, -0.2) is 16.8 Å². The topological polar surface area (TPSA) is 58.4 Å². The van der Waals surface area contributed by atoms with Crippen molar-refractivity contribution in [2.45, 2.75) is 13.8 Å². The van der Waals surface area contributed by atoms with E-state index >= 15 is 0 Å². The number of amides is 2. The van der Waals surface area contributed by atoms with Gasteiger partial charge in [-0.25, -0.2) is 10.2 Å². The Hall–Kier alpha value is -3.05. The molecule has 0 bridgehead atoms. The van der Waals surface area contributed by atoms with Crippen molar-refractivity contribution >= 4 is 29.5 Å². The smallest absolute Gasteiger partial charge is 0.316 e. The number of anilines is 1. The number of nitrogens with zero attached hydrogens (tertiary/aromatic N) is 2. The third-order valence-electron chi connectivity index (χ3n) is 3.97. The van der Waals surface area contributed by atoms with Crippen molar-refractivity contribution in [2.75, 3.05) is 5.32 Å². The molecule has 5 nitrogen and oxygen atoms in total. The van der Waals surface area contributed by atoms with Crippen LogP contribution in [0.15, 0.2) is 65.8 Å². The van der Waals surface area contributed by atoms with Gasteiger partial charge >= 0.3 is 6.03 Å². The first kappa shape index (κ1) is 17.8. The van der Waals surface area contributed by atoms with Gasteiger partial charge in [-0.05, 0) is 44.2 Å². The Labute approximate surface area is 157 Å². The fourth-order valence-corrected chi connectivity index (χ4v) is 2.98. The number of hydrazone groups is 1. The average molecular weight is 367 g/mol. The number of benzene rings is 2. The number of carbonyl (C=O) groups excluding carboxylic acids is 1. The van der Waals surface area contributed by atoms with E-state index in [0.29, 0.717) is 10.7 Å². The number of rotatable bonds is 4. The predicted octanol–water partition coefficient (Wildman–Crippen LogP) is 4.90. The molecule has 0 saturated carbocycles. The molecule has 2 N–H and O–H groups in total. The Bertz CT molecular complexity index is 948. The van der Waals surface area contributed by atoms with Crippen LogP contribution in [0.3, 0.4) is 0 Å². The Morgan fingerprint density at radius 3 is 2.50 bits per heavy atom. The van der Waals surface area contributed by atoms with Crippen LogP contribution < -0.4 is 10.7 Å². The van der Waals surface area contributed by atoms with Gasteiger partial charge in [-0.15, -0.1) is 0 Å². The lowest BCUT2D eigenvalue weighted by atomic mass is 10.2. The maximum absolute atomic E-state index is 11.9. The number of halogens is 1. The molecule has 26 heavy (non-hydrogen) atoms. The Morgan fingerprint density at radius 1 is 1.08 bits per heavy atom. The fraction of sp³-hybridized carbons (Fsp3) is 0.100.